The van der Waals surface area contributed by atoms with Crippen molar-refractivity contribution in [3.63, 3.8) is 0 Å². The molecule has 0 atom stereocenters. The van der Waals surface area contributed by atoms with E-state index in [2.05, 4.69) is 16.7 Å². The maximum atomic E-state index is 12.5. The maximum Gasteiger partial charge on any atom is 0.265 e. The molecule has 2 amide bonds. The van der Waals surface area contributed by atoms with E-state index < -0.39 is 5.41 Å². The van der Waals surface area contributed by atoms with Crippen molar-refractivity contribution in [3.8, 4) is 6.07 Å². The summed E-state index contributed by atoms with van der Waals surface area (Å²) in [7, 11) is 0. The number of nitrogens with zero attached hydrogens (tertiary/aromatic N) is 1. The van der Waals surface area contributed by atoms with Crippen molar-refractivity contribution < 1.29 is 9.59 Å². The second-order valence-corrected chi connectivity index (χ2v) is 6.82. The van der Waals surface area contributed by atoms with Gasteiger partial charge >= 0.3 is 0 Å². The van der Waals surface area contributed by atoms with Gasteiger partial charge in [-0.05, 0) is 42.5 Å². The van der Waals surface area contributed by atoms with Gasteiger partial charge in [0.25, 0.3) is 5.91 Å². The van der Waals surface area contributed by atoms with Crippen molar-refractivity contribution in [2.24, 2.45) is 5.41 Å². The zero-order valence-corrected chi connectivity index (χ0v) is 13.9. The van der Waals surface area contributed by atoms with Crippen LogP contribution in [0.4, 0.5) is 11.4 Å². The van der Waals surface area contributed by atoms with E-state index in [4.69, 9.17) is 0 Å². The summed E-state index contributed by atoms with van der Waals surface area (Å²) in [6, 6.07) is 12.7. The molecule has 0 unspecified atom stereocenters. The molecule has 6 heteroatoms. The van der Waals surface area contributed by atoms with E-state index in [-0.39, 0.29) is 11.8 Å². The van der Waals surface area contributed by atoms with Crippen molar-refractivity contribution in [2.75, 3.05) is 10.6 Å². The van der Waals surface area contributed by atoms with Gasteiger partial charge in [0, 0.05) is 11.4 Å². The van der Waals surface area contributed by atoms with E-state index in [1.54, 1.807) is 30.3 Å². The van der Waals surface area contributed by atoms with Crippen molar-refractivity contribution >= 4 is 34.5 Å². The molecular weight excluding hydrogens is 322 g/mol. The average molecular weight is 339 g/mol. The van der Waals surface area contributed by atoms with Crippen LogP contribution in [-0.2, 0) is 4.79 Å². The fraction of sp³-hybridized carbons (Fsp3) is 0.278. The van der Waals surface area contributed by atoms with Gasteiger partial charge in [0.15, 0.2) is 0 Å². The molecule has 1 heterocycles. The highest BCUT2D eigenvalue weighted by Crippen LogP contribution is 2.38. The third kappa shape index (κ3) is 3.31. The molecule has 2 aromatic rings. The second-order valence-electron chi connectivity index (χ2n) is 5.87. The summed E-state index contributed by atoms with van der Waals surface area (Å²) in [6.07, 6.45) is 3.00. The Labute approximate surface area is 144 Å². The monoisotopic (exact) mass is 339 g/mol. The smallest absolute Gasteiger partial charge is 0.265 e. The summed E-state index contributed by atoms with van der Waals surface area (Å²) >= 11 is 1.37. The molecule has 0 aliphatic heterocycles. The van der Waals surface area contributed by atoms with Crippen LogP contribution in [0.2, 0.25) is 0 Å². The quantitative estimate of drug-likeness (QED) is 0.882. The Morgan fingerprint density at radius 1 is 1.08 bits per heavy atom. The normalized spacial score (nSPS) is 15.5. The van der Waals surface area contributed by atoms with Crippen LogP contribution < -0.4 is 10.6 Å². The summed E-state index contributed by atoms with van der Waals surface area (Å²) in [6.45, 7) is 0. The number of hydrogen-bond acceptors (Lipinski definition) is 4. The first-order valence-electron chi connectivity index (χ1n) is 7.81. The average Bonchev–Trinajstić information content (AvgIpc) is 3.27. The molecule has 2 N–H and O–H groups in total. The Morgan fingerprint density at radius 3 is 2.42 bits per heavy atom. The van der Waals surface area contributed by atoms with Gasteiger partial charge in [-0.2, -0.15) is 5.26 Å². The third-order valence-corrected chi connectivity index (χ3v) is 5.10. The second kappa shape index (κ2) is 6.85. The summed E-state index contributed by atoms with van der Waals surface area (Å²) in [5, 5.41) is 16.8. The molecule has 1 fully saturated rings. The predicted molar refractivity (Wildman–Crippen MR) is 93.9 cm³/mol. The lowest BCUT2D eigenvalue weighted by molar-refractivity contribution is -0.122. The number of carbonyl (C=O) groups excluding carboxylic acids is 2. The van der Waals surface area contributed by atoms with E-state index in [9.17, 15) is 14.9 Å². The van der Waals surface area contributed by atoms with Gasteiger partial charge in [-0.15, -0.1) is 11.3 Å². The molecule has 0 radical (unpaired) electrons. The number of amides is 2. The van der Waals surface area contributed by atoms with Crippen LogP contribution in [0, 0.1) is 16.7 Å². The number of benzene rings is 1. The Balaban J connectivity index is 1.70. The van der Waals surface area contributed by atoms with Crippen LogP contribution in [0.1, 0.15) is 35.4 Å². The van der Waals surface area contributed by atoms with Gasteiger partial charge in [-0.25, -0.2) is 0 Å². The van der Waals surface area contributed by atoms with E-state index in [0.29, 0.717) is 29.1 Å². The Bertz CT molecular complexity index is 787. The van der Waals surface area contributed by atoms with Crippen LogP contribution in [0.3, 0.4) is 0 Å². The minimum absolute atomic E-state index is 0.183. The molecule has 1 aromatic carbocycles. The predicted octanol–water partition coefficient (Wildman–Crippen LogP) is 4.02. The molecule has 5 nitrogen and oxygen atoms in total. The van der Waals surface area contributed by atoms with Crippen LogP contribution in [0.25, 0.3) is 0 Å². The molecule has 1 aliphatic rings. The van der Waals surface area contributed by atoms with Crippen molar-refractivity contribution in [2.45, 2.75) is 25.7 Å². The molecule has 0 saturated heterocycles. The number of nitriles is 1. The van der Waals surface area contributed by atoms with Crippen LogP contribution in [0.5, 0.6) is 0 Å². The Kier molecular flexibility index (Phi) is 4.63. The number of carbonyl (C=O) groups is 2. The number of rotatable bonds is 4. The topological polar surface area (TPSA) is 82.0 Å². The molecular formula is C18H17N3O2S. The highest BCUT2D eigenvalue weighted by atomic mass is 32.1. The highest BCUT2D eigenvalue weighted by Gasteiger charge is 2.41. The number of nitrogens with one attached hydrogen (secondary N) is 2. The van der Waals surface area contributed by atoms with Crippen molar-refractivity contribution in [3.05, 3.63) is 46.7 Å². The zero-order valence-electron chi connectivity index (χ0n) is 13.0. The van der Waals surface area contributed by atoms with E-state index >= 15 is 0 Å². The highest BCUT2D eigenvalue weighted by molar-refractivity contribution is 7.12. The summed E-state index contributed by atoms with van der Waals surface area (Å²) in [5.74, 6) is -0.443. The minimum Gasteiger partial charge on any atom is -0.325 e. The molecule has 0 spiro atoms. The molecule has 0 bridgehead atoms. The lowest BCUT2D eigenvalue weighted by Gasteiger charge is -2.19. The van der Waals surface area contributed by atoms with Gasteiger partial charge in [-0.3, -0.25) is 9.59 Å². The van der Waals surface area contributed by atoms with Crippen LogP contribution in [0.15, 0.2) is 41.8 Å². The molecule has 1 saturated carbocycles. The summed E-state index contributed by atoms with van der Waals surface area (Å²) in [5.41, 5.74) is 0.255. The van der Waals surface area contributed by atoms with Gasteiger partial charge in [0.2, 0.25) is 5.91 Å². The molecule has 24 heavy (non-hydrogen) atoms. The first-order valence-corrected chi connectivity index (χ1v) is 8.69. The zero-order chi connectivity index (χ0) is 17.0. The summed E-state index contributed by atoms with van der Waals surface area (Å²) in [4.78, 5) is 25.2. The largest absolute Gasteiger partial charge is 0.325 e. The first kappa shape index (κ1) is 16.2. The van der Waals surface area contributed by atoms with Crippen molar-refractivity contribution in [1.82, 2.24) is 0 Å². The fourth-order valence-electron chi connectivity index (χ4n) is 2.89. The SMILES string of the molecule is N#CC1(C(=O)Nc2cccc(NC(=O)c3cccs3)c2)CCCC1. The van der Waals surface area contributed by atoms with Gasteiger partial charge in [-0.1, -0.05) is 25.0 Å². The Hall–Kier alpha value is -2.65. The molecule has 3 rings (SSSR count). The van der Waals surface area contributed by atoms with Crippen LogP contribution >= 0.6 is 11.3 Å². The van der Waals surface area contributed by atoms with E-state index in [1.807, 2.05) is 11.4 Å². The number of thiophene rings is 1. The standard InChI is InChI=1S/C18H17N3O2S/c19-12-18(8-1-2-9-18)17(23)21-14-6-3-5-13(11-14)20-16(22)15-7-4-10-24-15/h3-7,10-11H,1-2,8-9H2,(H,20,22)(H,21,23). The summed E-state index contributed by atoms with van der Waals surface area (Å²) < 4.78 is 0. The lowest BCUT2D eigenvalue weighted by atomic mass is 9.87. The van der Waals surface area contributed by atoms with E-state index in [0.717, 1.165) is 12.8 Å². The van der Waals surface area contributed by atoms with Gasteiger partial charge < -0.3 is 10.6 Å². The van der Waals surface area contributed by atoms with Gasteiger partial charge in [0.05, 0.1) is 10.9 Å². The minimum atomic E-state index is -0.920. The Morgan fingerprint density at radius 2 is 1.79 bits per heavy atom. The van der Waals surface area contributed by atoms with Gasteiger partial charge in [0.1, 0.15) is 5.41 Å². The van der Waals surface area contributed by atoms with Crippen LogP contribution in [-0.4, -0.2) is 11.8 Å². The fourth-order valence-corrected chi connectivity index (χ4v) is 3.51. The molecule has 122 valence electrons. The molecule has 1 aromatic heterocycles. The number of anilines is 2. The third-order valence-electron chi connectivity index (χ3n) is 4.23. The lowest BCUT2D eigenvalue weighted by Crippen LogP contribution is -2.32. The maximum absolute atomic E-state index is 12.5. The first-order chi connectivity index (χ1) is 11.6. The van der Waals surface area contributed by atoms with Crippen molar-refractivity contribution in [1.29, 1.82) is 5.26 Å². The molecule has 1 aliphatic carbocycles. The number of hydrogen-bond donors (Lipinski definition) is 2. The van der Waals surface area contributed by atoms with E-state index in [1.165, 1.54) is 11.3 Å².